The van der Waals surface area contributed by atoms with E-state index in [2.05, 4.69) is 14.8 Å². The van der Waals surface area contributed by atoms with Gasteiger partial charge in [-0.25, -0.2) is 4.98 Å². The van der Waals surface area contributed by atoms with Crippen LogP contribution in [0.15, 0.2) is 10.7 Å². The van der Waals surface area contributed by atoms with Crippen LogP contribution in [0.25, 0.3) is 11.2 Å². The second-order valence-electron chi connectivity index (χ2n) is 2.68. The third-order valence-corrected chi connectivity index (χ3v) is 1.68. The molecule has 0 aliphatic carbocycles. The van der Waals surface area contributed by atoms with Gasteiger partial charge in [-0.2, -0.15) is 0 Å². The number of fused-ring (bicyclic) bond motifs is 1. The molecule has 0 radical (unpaired) electrons. The molecule has 0 bridgehead atoms. The summed E-state index contributed by atoms with van der Waals surface area (Å²) in [7, 11) is 0. The van der Waals surface area contributed by atoms with Crippen LogP contribution >= 0.6 is 0 Å². The number of nitrogens with zero attached hydrogens (tertiary/aromatic N) is 3. The Morgan fingerprint density at radius 3 is 3.00 bits per heavy atom. The predicted molar refractivity (Wildman–Crippen MR) is 40.2 cm³/mol. The number of hydrogen-bond donors (Lipinski definition) is 0. The molecule has 62 valence electrons. The molecule has 5 nitrogen and oxygen atoms in total. The molecule has 12 heavy (non-hydrogen) atoms. The average molecular weight is 165 g/mol. The summed E-state index contributed by atoms with van der Waals surface area (Å²) in [4.78, 5) is 4.40. The number of rotatable bonds is 0. The molecule has 0 fully saturated rings. The van der Waals surface area contributed by atoms with Gasteiger partial charge in [0.05, 0.1) is 5.16 Å². The minimum atomic E-state index is 0.363. The van der Waals surface area contributed by atoms with Crippen LogP contribution in [0.2, 0.25) is 0 Å². The fourth-order valence-corrected chi connectivity index (χ4v) is 1.22. The maximum Gasteiger partial charge on any atom is 0.341 e. The van der Waals surface area contributed by atoms with Gasteiger partial charge in [-0.3, -0.25) is 4.63 Å². The summed E-state index contributed by atoms with van der Waals surface area (Å²) in [5.41, 5.74) is 2.42. The van der Waals surface area contributed by atoms with E-state index in [1.807, 2.05) is 19.9 Å². The molecule has 5 heteroatoms. The van der Waals surface area contributed by atoms with Crippen molar-refractivity contribution >= 4 is 11.2 Å². The maximum absolute atomic E-state index is 11.0. The molecule has 2 heterocycles. The molecule has 0 aromatic carbocycles. The predicted octanol–water partition coefficient (Wildman–Crippen LogP) is 0.473. The van der Waals surface area contributed by atoms with Gasteiger partial charge < -0.3 is 5.21 Å². The number of pyridine rings is 1. The van der Waals surface area contributed by atoms with E-state index in [1.165, 1.54) is 0 Å². The quantitative estimate of drug-likeness (QED) is 0.532. The van der Waals surface area contributed by atoms with Crippen LogP contribution in [0.4, 0.5) is 0 Å². The summed E-state index contributed by atoms with van der Waals surface area (Å²) in [6.45, 7) is 3.67. The zero-order chi connectivity index (χ0) is 8.72. The van der Waals surface area contributed by atoms with E-state index in [1.54, 1.807) is 0 Å². The second kappa shape index (κ2) is 2.17. The van der Waals surface area contributed by atoms with Crippen molar-refractivity contribution in [3.63, 3.8) is 0 Å². The summed E-state index contributed by atoms with van der Waals surface area (Å²) < 4.78 is 4.40. The van der Waals surface area contributed by atoms with Crippen LogP contribution in [-0.2, 0) is 0 Å². The van der Waals surface area contributed by atoms with Gasteiger partial charge in [0.15, 0.2) is 0 Å². The van der Waals surface area contributed by atoms with Crippen molar-refractivity contribution in [3.8, 4) is 0 Å². The van der Waals surface area contributed by atoms with Crippen molar-refractivity contribution in [2.24, 2.45) is 0 Å². The van der Waals surface area contributed by atoms with Crippen molar-refractivity contribution < 1.29 is 9.53 Å². The van der Waals surface area contributed by atoms with E-state index < -0.39 is 0 Å². The molecule has 2 aromatic heterocycles. The van der Waals surface area contributed by atoms with Crippen LogP contribution in [0.3, 0.4) is 0 Å². The molecular weight excluding hydrogens is 158 g/mol. The fourth-order valence-electron chi connectivity index (χ4n) is 1.22. The topological polar surface area (TPSA) is 65.9 Å². The minimum Gasteiger partial charge on any atom is -0.359 e. The van der Waals surface area contributed by atoms with E-state index in [9.17, 15) is 5.21 Å². The fraction of sp³-hybridized carbons (Fsp3) is 0.286. The maximum atomic E-state index is 11.0. The summed E-state index contributed by atoms with van der Waals surface area (Å²) >= 11 is 0. The number of hydrogen-bond acceptors (Lipinski definition) is 4. The SMILES string of the molecule is Cc1cc(C)c2c(no[n+]2[O-])n1. The lowest BCUT2D eigenvalue weighted by Gasteiger charge is -1.92. The Labute approximate surface area is 68.2 Å². The van der Waals surface area contributed by atoms with E-state index in [0.717, 1.165) is 11.3 Å². The monoisotopic (exact) mass is 165 g/mol. The summed E-state index contributed by atoms with van der Waals surface area (Å²) in [5.74, 6) is 0. The van der Waals surface area contributed by atoms with Crippen LogP contribution in [0, 0.1) is 19.1 Å². The molecule has 0 unspecified atom stereocenters. The van der Waals surface area contributed by atoms with Gasteiger partial charge >= 0.3 is 5.65 Å². The lowest BCUT2D eigenvalue weighted by atomic mass is 10.2. The largest absolute Gasteiger partial charge is 0.359 e. The molecule has 0 saturated heterocycles. The molecule has 2 rings (SSSR count). The third-order valence-electron chi connectivity index (χ3n) is 1.68. The van der Waals surface area contributed by atoms with E-state index >= 15 is 0 Å². The van der Waals surface area contributed by atoms with Crippen LogP contribution in [-0.4, -0.2) is 10.1 Å². The standard InChI is InChI=1S/C7H7N3O2/c1-4-3-5(2)8-7-6(4)10(11)12-9-7/h3H,1-2H3. The molecule has 0 atom stereocenters. The number of aromatic nitrogens is 3. The summed E-state index contributed by atoms with van der Waals surface area (Å²) in [5, 5.41) is 14.5. The Morgan fingerprint density at radius 2 is 2.25 bits per heavy atom. The normalized spacial score (nSPS) is 10.8. The highest BCUT2D eigenvalue weighted by molar-refractivity contribution is 5.69. The highest BCUT2D eigenvalue weighted by atomic mass is 16.8. The molecule has 0 spiro atoms. The van der Waals surface area contributed by atoms with Gasteiger partial charge in [0.2, 0.25) is 5.52 Å². The van der Waals surface area contributed by atoms with E-state index in [0.29, 0.717) is 16.1 Å². The molecule has 0 amide bonds. The van der Waals surface area contributed by atoms with Crippen LogP contribution in [0.5, 0.6) is 0 Å². The molecule has 0 aliphatic heterocycles. The first-order chi connectivity index (χ1) is 5.68. The van der Waals surface area contributed by atoms with Crippen molar-refractivity contribution in [2.75, 3.05) is 0 Å². The van der Waals surface area contributed by atoms with Gasteiger partial charge in [-0.15, -0.1) is 0 Å². The van der Waals surface area contributed by atoms with Gasteiger partial charge in [-0.1, -0.05) is 0 Å². The smallest absolute Gasteiger partial charge is 0.341 e. The van der Waals surface area contributed by atoms with Crippen molar-refractivity contribution in [3.05, 3.63) is 22.5 Å². The minimum absolute atomic E-state index is 0.363. The Bertz CT molecular complexity index is 435. The van der Waals surface area contributed by atoms with Gasteiger partial charge in [0.25, 0.3) is 0 Å². The zero-order valence-electron chi connectivity index (χ0n) is 6.74. The molecule has 0 N–H and O–H groups in total. The summed E-state index contributed by atoms with van der Waals surface area (Å²) in [6, 6.07) is 1.81. The highest BCUT2D eigenvalue weighted by Gasteiger charge is 2.13. The first-order valence-electron chi connectivity index (χ1n) is 3.52. The van der Waals surface area contributed by atoms with Gasteiger partial charge in [-0.05, 0) is 24.8 Å². The zero-order valence-corrected chi connectivity index (χ0v) is 6.74. The first-order valence-corrected chi connectivity index (χ1v) is 3.52. The lowest BCUT2D eigenvalue weighted by molar-refractivity contribution is -0.782. The third kappa shape index (κ3) is 0.827. The number of aryl methyl sites for hydroxylation is 2. The van der Waals surface area contributed by atoms with Crippen molar-refractivity contribution in [1.82, 2.24) is 10.1 Å². The summed E-state index contributed by atoms with van der Waals surface area (Å²) in [6.07, 6.45) is 0. The Balaban J connectivity index is 2.93. The molecule has 0 aliphatic rings. The van der Waals surface area contributed by atoms with Gasteiger partial charge in [0.1, 0.15) is 0 Å². The Kier molecular flexibility index (Phi) is 1.27. The molecule has 2 aromatic rings. The van der Waals surface area contributed by atoms with Crippen LogP contribution in [0.1, 0.15) is 11.3 Å². The lowest BCUT2D eigenvalue weighted by Crippen LogP contribution is -2.23. The second-order valence-corrected chi connectivity index (χ2v) is 2.68. The molecular formula is C7H7N3O2. The van der Waals surface area contributed by atoms with Crippen LogP contribution < -0.4 is 4.90 Å². The average Bonchev–Trinajstić information content (AvgIpc) is 2.31. The molecule has 0 saturated carbocycles. The van der Waals surface area contributed by atoms with Crippen molar-refractivity contribution in [2.45, 2.75) is 13.8 Å². The first kappa shape index (κ1) is 7.02. The van der Waals surface area contributed by atoms with E-state index in [4.69, 9.17) is 0 Å². The highest BCUT2D eigenvalue weighted by Crippen LogP contribution is 2.10. The van der Waals surface area contributed by atoms with E-state index in [-0.39, 0.29) is 0 Å². The Morgan fingerprint density at radius 1 is 1.50 bits per heavy atom. The Hall–Kier alpha value is -1.65. The van der Waals surface area contributed by atoms with Crippen molar-refractivity contribution in [1.29, 1.82) is 0 Å². The van der Waals surface area contributed by atoms with Gasteiger partial charge in [0, 0.05) is 11.3 Å².